The Morgan fingerprint density at radius 1 is 1.17 bits per heavy atom. The van der Waals surface area contributed by atoms with Crippen molar-refractivity contribution in [2.24, 2.45) is 5.73 Å². The molecule has 194 valence electrons. The molecule has 3 fully saturated rings. The molecule has 5 rings (SSSR count). The van der Waals surface area contributed by atoms with Crippen LogP contribution in [0.4, 0.5) is 16.6 Å². The maximum atomic E-state index is 12.8. The van der Waals surface area contributed by atoms with Gasteiger partial charge in [0, 0.05) is 45.7 Å². The number of pyridine rings is 1. The van der Waals surface area contributed by atoms with Gasteiger partial charge in [-0.3, -0.25) is 4.79 Å². The lowest BCUT2D eigenvalue weighted by Gasteiger charge is -2.29. The molecule has 0 unspecified atom stereocenters. The van der Waals surface area contributed by atoms with Gasteiger partial charge in [0.25, 0.3) is 0 Å². The molecule has 0 saturated carbocycles. The number of allylic oxidation sites excluding steroid dienone is 2. The molecule has 1 atom stereocenters. The number of aliphatic hydroxyl groups is 1. The van der Waals surface area contributed by atoms with Crippen LogP contribution in [0.15, 0.2) is 30.1 Å². The number of rotatable bonds is 7. The maximum Gasteiger partial charge on any atom is 0.228 e. The number of thiazole rings is 1. The summed E-state index contributed by atoms with van der Waals surface area (Å²) in [5.74, 6) is 1.30. The zero-order chi connectivity index (χ0) is 24.9. The molecule has 36 heavy (non-hydrogen) atoms. The molecule has 3 aliphatic rings. The highest BCUT2D eigenvalue weighted by Gasteiger charge is 2.22. The maximum absolute atomic E-state index is 12.8. The molecular formula is C25H35N7O3S. The Balaban J connectivity index is 1.30. The first-order valence-corrected chi connectivity index (χ1v) is 13.6. The Labute approximate surface area is 215 Å². The number of morpholine rings is 1. The predicted molar refractivity (Wildman–Crippen MR) is 143 cm³/mol. The van der Waals surface area contributed by atoms with Gasteiger partial charge in [0.15, 0.2) is 16.6 Å². The molecule has 10 nitrogen and oxygen atoms in total. The summed E-state index contributed by atoms with van der Waals surface area (Å²) in [5.41, 5.74) is 7.55. The second-order valence-electron chi connectivity index (χ2n) is 9.49. The number of nitrogens with zero attached hydrogens (tertiary/aromatic N) is 5. The Morgan fingerprint density at radius 3 is 2.72 bits per heavy atom. The van der Waals surface area contributed by atoms with Crippen LogP contribution < -0.4 is 20.9 Å². The zero-order valence-corrected chi connectivity index (χ0v) is 21.4. The van der Waals surface area contributed by atoms with Gasteiger partial charge in [0.2, 0.25) is 5.91 Å². The summed E-state index contributed by atoms with van der Waals surface area (Å²) in [5, 5.41) is 13.7. The van der Waals surface area contributed by atoms with Crippen molar-refractivity contribution in [2.75, 3.05) is 67.6 Å². The molecule has 0 aliphatic carbocycles. The van der Waals surface area contributed by atoms with Crippen LogP contribution in [0.2, 0.25) is 0 Å². The lowest BCUT2D eigenvalue weighted by Crippen LogP contribution is -2.36. The van der Waals surface area contributed by atoms with E-state index in [9.17, 15) is 9.90 Å². The SMILES string of the molecule is N/C(=C\C=C/CC(=O)Nc1cc2sc(N3CCOCC3)nc2nc1N1CCCCC1)N1CC[C@H](O)C1. The van der Waals surface area contributed by atoms with Crippen LogP contribution >= 0.6 is 11.3 Å². The molecule has 0 bridgehead atoms. The number of carbonyl (C=O) groups excluding carboxylic acids is 1. The van der Waals surface area contributed by atoms with Gasteiger partial charge in [-0.25, -0.2) is 4.98 Å². The smallest absolute Gasteiger partial charge is 0.228 e. The minimum atomic E-state index is -0.324. The van der Waals surface area contributed by atoms with Gasteiger partial charge in [0.05, 0.1) is 35.5 Å². The van der Waals surface area contributed by atoms with Crippen LogP contribution in [0.3, 0.4) is 0 Å². The van der Waals surface area contributed by atoms with E-state index in [1.165, 1.54) is 6.42 Å². The molecule has 5 heterocycles. The van der Waals surface area contributed by atoms with Gasteiger partial charge < -0.3 is 35.6 Å². The van der Waals surface area contributed by atoms with E-state index in [-0.39, 0.29) is 18.4 Å². The van der Waals surface area contributed by atoms with Crippen molar-refractivity contribution in [3.8, 4) is 0 Å². The Kier molecular flexibility index (Phi) is 7.88. The first kappa shape index (κ1) is 24.8. The first-order chi connectivity index (χ1) is 17.6. The molecule has 11 heteroatoms. The summed E-state index contributed by atoms with van der Waals surface area (Å²) in [4.78, 5) is 29.0. The monoisotopic (exact) mass is 513 g/mol. The molecule has 2 aromatic rings. The number of piperidine rings is 1. The fourth-order valence-corrected chi connectivity index (χ4v) is 5.80. The van der Waals surface area contributed by atoms with Crippen LogP contribution in [0, 0.1) is 0 Å². The fourth-order valence-electron chi connectivity index (χ4n) is 4.80. The van der Waals surface area contributed by atoms with Gasteiger partial charge in [-0.2, -0.15) is 4.98 Å². The number of ether oxygens (including phenoxy) is 1. The molecule has 3 aliphatic heterocycles. The van der Waals surface area contributed by atoms with E-state index in [1.54, 1.807) is 29.6 Å². The number of nitrogens with one attached hydrogen (secondary N) is 1. The molecular weight excluding hydrogens is 478 g/mol. The van der Waals surface area contributed by atoms with Gasteiger partial charge in [-0.05, 0) is 37.8 Å². The van der Waals surface area contributed by atoms with Crippen LogP contribution in [-0.2, 0) is 9.53 Å². The van der Waals surface area contributed by atoms with Crippen molar-refractivity contribution >= 4 is 44.2 Å². The normalized spacial score (nSPS) is 21.6. The Hall–Kier alpha value is -2.89. The summed E-state index contributed by atoms with van der Waals surface area (Å²) in [6, 6.07) is 2.02. The highest BCUT2D eigenvalue weighted by atomic mass is 32.1. The van der Waals surface area contributed by atoms with Crippen LogP contribution in [0.5, 0.6) is 0 Å². The quantitative estimate of drug-likeness (QED) is 0.479. The van der Waals surface area contributed by atoms with E-state index in [0.717, 1.165) is 79.0 Å². The number of likely N-dealkylation sites (tertiary alicyclic amines) is 1. The third-order valence-electron chi connectivity index (χ3n) is 6.80. The van der Waals surface area contributed by atoms with E-state index >= 15 is 0 Å². The zero-order valence-electron chi connectivity index (χ0n) is 20.6. The molecule has 0 spiro atoms. The highest BCUT2D eigenvalue weighted by Crippen LogP contribution is 2.35. The van der Waals surface area contributed by atoms with E-state index < -0.39 is 0 Å². The fraction of sp³-hybridized carbons (Fsp3) is 0.560. The van der Waals surface area contributed by atoms with E-state index in [4.69, 9.17) is 20.4 Å². The van der Waals surface area contributed by atoms with Crippen molar-refractivity contribution in [2.45, 2.75) is 38.2 Å². The van der Waals surface area contributed by atoms with Crippen molar-refractivity contribution in [1.29, 1.82) is 0 Å². The Bertz CT molecular complexity index is 1120. The van der Waals surface area contributed by atoms with E-state index in [0.29, 0.717) is 25.6 Å². The van der Waals surface area contributed by atoms with Crippen molar-refractivity contribution in [3.63, 3.8) is 0 Å². The summed E-state index contributed by atoms with van der Waals surface area (Å²) in [7, 11) is 0. The third kappa shape index (κ3) is 5.91. The number of amides is 1. The molecule has 0 aromatic carbocycles. The minimum Gasteiger partial charge on any atom is -0.391 e. The van der Waals surface area contributed by atoms with Crippen LogP contribution in [0.1, 0.15) is 32.1 Å². The summed E-state index contributed by atoms with van der Waals surface area (Å²) >= 11 is 1.61. The van der Waals surface area contributed by atoms with Crippen molar-refractivity contribution < 1.29 is 14.6 Å². The number of carbonyl (C=O) groups is 1. The average molecular weight is 514 g/mol. The predicted octanol–water partition coefficient (Wildman–Crippen LogP) is 2.27. The van der Waals surface area contributed by atoms with Gasteiger partial charge >= 0.3 is 0 Å². The molecule has 1 amide bonds. The standard InChI is InChI=1S/C25H35N7O3S/c26-21(32-11-8-18(33)17-32)6-2-3-7-22(34)27-19-16-20-23(28-24(19)30-9-4-1-5-10-30)29-25(36-20)31-12-14-35-15-13-31/h2-3,6,16,18,33H,1,4-5,7-15,17,26H2,(H,27,34)/b3-2-,21-6+/t18-/m0/s1. The minimum absolute atomic E-state index is 0.104. The lowest BCUT2D eigenvalue weighted by molar-refractivity contribution is -0.115. The number of aromatic nitrogens is 2. The average Bonchev–Trinajstić information content (AvgIpc) is 3.53. The first-order valence-electron chi connectivity index (χ1n) is 12.8. The van der Waals surface area contributed by atoms with E-state index in [2.05, 4.69) is 15.1 Å². The Morgan fingerprint density at radius 2 is 1.97 bits per heavy atom. The summed E-state index contributed by atoms with van der Waals surface area (Å²) in [6.07, 6.45) is 9.46. The largest absolute Gasteiger partial charge is 0.391 e. The summed E-state index contributed by atoms with van der Waals surface area (Å²) < 4.78 is 6.44. The summed E-state index contributed by atoms with van der Waals surface area (Å²) in [6.45, 7) is 6.22. The van der Waals surface area contributed by atoms with Gasteiger partial charge in [-0.1, -0.05) is 23.5 Å². The number of β-amino-alcohol motifs (C(OH)–C–C–N with tert-alkyl or cyclic N) is 1. The lowest BCUT2D eigenvalue weighted by atomic mass is 10.1. The number of anilines is 3. The number of hydrogen-bond acceptors (Lipinski definition) is 10. The highest BCUT2D eigenvalue weighted by molar-refractivity contribution is 7.22. The van der Waals surface area contributed by atoms with Crippen LogP contribution in [0.25, 0.3) is 10.3 Å². The van der Waals surface area contributed by atoms with Gasteiger partial charge in [0.1, 0.15) is 0 Å². The third-order valence-corrected chi connectivity index (χ3v) is 7.85. The second kappa shape index (κ2) is 11.4. The number of fused-ring (bicyclic) bond motifs is 1. The number of aliphatic hydroxyl groups excluding tert-OH is 1. The molecule has 4 N–H and O–H groups in total. The number of nitrogens with two attached hydrogens (primary N) is 1. The molecule has 2 aromatic heterocycles. The topological polar surface area (TPSA) is 120 Å². The van der Waals surface area contributed by atoms with Crippen molar-refractivity contribution in [3.05, 3.63) is 30.1 Å². The molecule has 0 radical (unpaired) electrons. The van der Waals surface area contributed by atoms with E-state index in [1.807, 2.05) is 11.0 Å². The van der Waals surface area contributed by atoms with Crippen LogP contribution in [-0.4, -0.2) is 84.5 Å². The second-order valence-corrected chi connectivity index (χ2v) is 10.5. The van der Waals surface area contributed by atoms with Gasteiger partial charge in [-0.15, -0.1) is 0 Å². The number of hydrogen-bond donors (Lipinski definition) is 3. The molecule has 3 saturated heterocycles. The van der Waals surface area contributed by atoms with Crippen molar-refractivity contribution in [1.82, 2.24) is 14.9 Å².